The zero-order valence-electron chi connectivity index (χ0n) is 23.5. The summed E-state index contributed by atoms with van der Waals surface area (Å²) in [6.07, 6.45) is 4.98. The molecule has 3 aromatic rings. The normalized spacial score (nSPS) is 14.7. The maximum Gasteiger partial charge on any atom is 0.264 e. The van der Waals surface area contributed by atoms with Gasteiger partial charge < -0.3 is 10.2 Å². The lowest BCUT2D eigenvalue weighted by Gasteiger charge is -2.33. The number of nitrogens with zero attached hydrogens (tertiary/aromatic N) is 2. The van der Waals surface area contributed by atoms with Gasteiger partial charge in [-0.1, -0.05) is 78.3 Å². The van der Waals surface area contributed by atoms with E-state index in [2.05, 4.69) is 5.32 Å². The average Bonchev–Trinajstić information content (AvgIpc) is 2.96. The Balaban J connectivity index is 1.71. The molecule has 1 fully saturated rings. The number of carbonyl (C=O) groups excluding carboxylic acids is 2. The third-order valence-electron chi connectivity index (χ3n) is 7.51. The second-order valence-corrected chi connectivity index (χ2v) is 13.7. The molecule has 0 saturated heterocycles. The molecule has 4 rings (SSSR count). The van der Waals surface area contributed by atoms with Gasteiger partial charge in [0.05, 0.1) is 10.6 Å². The predicted octanol–water partition coefficient (Wildman–Crippen LogP) is 7.02. The van der Waals surface area contributed by atoms with E-state index >= 15 is 0 Å². The third kappa shape index (κ3) is 7.78. The summed E-state index contributed by atoms with van der Waals surface area (Å²) in [6.45, 7) is 2.80. The molecule has 0 aliphatic heterocycles. The van der Waals surface area contributed by atoms with Gasteiger partial charge in [-0.25, -0.2) is 8.42 Å². The van der Waals surface area contributed by atoms with Crippen LogP contribution in [-0.2, 0) is 26.2 Å². The molecule has 0 bridgehead atoms. The number of aryl methyl sites for hydroxylation is 1. The number of amides is 2. The van der Waals surface area contributed by atoms with Crippen molar-refractivity contribution in [3.8, 4) is 0 Å². The number of rotatable bonds is 10. The smallest absolute Gasteiger partial charge is 0.264 e. The Morgan fingerprint density at radius 3 is 2.21 bits per heavy atom. The summed E-state index contributed by atoms with van der Waals surface area (Å²) in [4.78, 5) is 29.0. The molecule has 1 N–H and O–H groups in total. The molecule has 0 aromatic heterocycles. The van der Waals surface area contributed by atoms with Crippen molar-refractivity contribution in [3.05, 3.63) is 92.9 Å². The highest BCUT2D eigenvalue weighted by Crippen LogP contribution is 2.30. The molecule has 3 aromatic carbocycles. The van der Waals surface area contributed by atoms with Gasteiger partial charge in [0, 0.05) is 27.7 Å². The minimum absolute atomic E-state index is 0.0209. The standard InChI is InChI=1S/C31H34Cl3N3O4S/c1-21-17-24(32)15-16-29(21)37(42(40,41)27-11-7-4-8-12-27)20-30(38)36(19-23-13-14-25(33)18-28(23)34)22(2)31(39)35-26-9-5-3-6-10-26/h4,7-8,11-18,22,26H,3,5-6,9-10,19-20H2,1-2H3,(H,35,39)/t22-/m0/s1. The van der Waals surface area contributed by atoms with Crippen LogP contribution < -0.4 is 9.62 Å². The highest BCUT2D eigenvalue weighted by Gasteiger charge is 2.34. The van der Waals surface area contributed by atoms with Crippen LogP contribution in [0.1, 0.15) is 50.2 Å². The SMILES string of the molecule is Cc1cc(Cl)ccc1N(CC(=O)N(Cc1ccc(Cl)cc1Cl)[C@@H](C)C(=O)NC1CCCCC1)S(=O)(=O)c1ccccc1. The molecule has 2 amide bonds. The number of hydrogen-bond donors (Lipinski definition) is 1. The fourth-order valence-electron chi connectivity index (χ4n) is 5.12. The Morgan fingerprint density at radius 2 is 1.57 bits per heavy atom. The minimum atomic E-state index is -4.17. The van der Waals surface area contributed by atoms with Gasteiger partial charge >= 0.3 is 0 Å². The van der Waals surface area contributed by atoms with E-state index < -0.39 is 28.5 Å². The summed E-state index contributed by atoms with van der Waals surface area (Å²) >= 11 is 18.7. The largest absolute Gasteiger partial charge is 0.352 e. The van der Waals surface area contributed by atoms with Crippen molar-refractivity contribution in [1.82, 2.24) is 10.2 Å². The molecular weight excluding hydrogens is 617 g/mol. The van der Waals surface area contributed by atoms with Crippen molar-refractivity contribution < 1.29 is 18.0 Å². The quantitative estimate of drug-likeness (QED) is 0.256. The molecule has 7 nitrogen and oxygen atoms in total. The molecule has 1 aliphatic carbocycles. The first-order valence-corrected chi connectivity index (χ1v) is 16.4. The molecule has 0 spiro atoms. The van der Waals surface area contributed by atoms with E-state index in [4.69, 9.17) is 34.8 Å². The van der Waals surface area contributed by atoms with Crippen LogP contribution in [0.4, 0.5) is 5.69 Å². The molecule has 0 heterocycles. The molecule has 224 valence electrons. The molecule has 1 aliphatic rings. The summed E-state index contributed by atoms with van der Waals surface area (Å²) in [7, 11) is -4.17. The topological polar surface area (TPSA) is 86.8 Å². The average molecular weight is 651 g/mol. The van der Waals surface area contributed by atoms with Crippen molar-refractivity contribution >= 4 is 62.3 Å². The van der Waals surface area contributed by atoms with E-state index in [0.717, 1.165) is 36.4 Å². The summed E-state index contributed by atoms with van der Waals surface area (Å²) in [5.41, 5.74) is 1.46. The van der Waals surface area contributed by atoms with Crippen LogP contribution in [0.2, 0.25) is 15.1 Å². The third-order valence-corrected chi connectivity index (χ3v) is 10.1. The van der Waals surface area contributed by atoms with E-state index in [1.165, 1.54) is 17.0 Å². The van der Waals surface area contributed by atoms with Crippen LogP contribution in [0.25, 0.3) is 0 Å². The van der Waals surface area contributed by atoms with E-state index in [0.29, 0.717) is 31.9 Å². The van der Waals surface area contributed by atoms with Crippen molar-refractivity contribution in [2.45, 2.75) is 69.5 Å². The lowest BCUT2D eigenvalue weighted by Crippen LogP contribution is -2.53. The molecule has 11 heteroatoms. The summed E-state index contributed by atoms with van der Waals surface area (Å²) in [5, 5.41) is 4.29. The van der Waals surface area contributed by atoms with Crippen LogP contribution in [0, 0.1) is 6.92 Å². The van der Waals surface area contributed by atoms with Gasteiger partial charge in [0.1, 0.15) is 12.6 Å². The lowest BCUT2D eigenvalue weighted by atomic mass is 9.95. The van der Waals surface area contributed by atoms with Gasteiger partial charge in [0.2, 0.25) is 11.8 Å². The van der Waals surface area contributed by atoms with Crippen molar-refractivity contribution in [3.63, 3.8) is 0 Å². The van der Waals surface area contributed by atoms with Crippen LogP contribution >= 0.6 is 34.8 Å². The number of benzene rings is 3. The maximum absolute atomic E-state index is 14.1. The number of anilines is 1. The second kappa shape index (κ2) is 14.1. The summed E-state index contributed by atoms with van der Waals surface area (Å²) in [5.74, 6) is -0.873. The van der Waals surface area contributed by atoms with Gasteiger partial charge in [-0.3, -0.25) is 13.9 Å². The molecule has 0 unspecified atom stereocenters. The number of carbonyl (C=O) groups is 2. The highest BCUT2D eigenvalue weighted by molar-refractivity contribution is 7.92. The van der Waals surface area contributed by atoms with Crippen LogP contribution in [0.3, 0.4) is 0 Å². The number of sulfonamides is 1. The van der Waals surface area contributed by atoms with Crippen molar-refractivity contribution in [2.75, 3.05) is 10.8 Å². The predicted molar refractivity (Wildman–Crippen MR) is 169 cm³/mol. The van der Waals surface area contributed by atoms with E-state index in [1.807, 2.05) is 0 Å². The Labute approximate surface area is 262 Å². The zero-order valence-corrected chi connectivity index (χ0v) is 26.6. The summed E-state index contributed by atoms with van der Waals surface area (Å²) < 4.78 is 29.0. The molecule has 1 saturated carbocycles. The number of hydrogen-bond acceptors (Lipinski definition) is 4. The molecule has 0 radical (unpaired) electrons. The first kappa shape index (κ1) is 32.1. The zero-order chi connectivity index (χ0) is 30.4. The Hall–Kier alpha value is -2.78. The van der Waals surface area contributed by atoms with Crippen LogP contribution in [0.5, 0.6) is 0 Å². The second-order valence-electron chi connectivity index (χ2n) is 10.5. The molecule has 1 atom stereocenters. The monoisotopic (exact) mass is 649 g/mol. The van der Waals surface area contributed by atoms with E-state index in [1.54, 1.807) is 68.4 Å². The molecule has 42 heavy (non-hydrogen) atoms. The first-order valence-electron chi connectivity index (χ1n) is 13.8. The Kier molecular flexibility index (Phi) is 10.8. The maximum atomic E-state index is 14.1. The highest BCUT2D eigenvalue weighted by atomic mass is 35.5. The van der Waals surface area contributed by atoms with Gasteiger partial charge in [-0.05, 0) is 80.3 Å². The van der Waals surface area contributed by atoms with Crippen molar-refractivity contribution in [2.24, 2.45) is 0 Å². The van der Waals surface area contributed by atoms with Gasteiger partial charge in [-0.2, -0.15) is 0 Å². The fraction of sp³-hybridized carbons (Fsp3) is 0.355. The lowest BCUT2D eigenvalue weighted by molar-refractivity contribution is -0.139. The van der Waals surface area contributed by atoms with E-state index in [-0.39, 0.29) is 23.4 Å². The number of nitrogens with one attached hydrogen (secondary N) is 1. The van der Waals surface area contributed by atoms with Crippen molar-refractivity contribution in [1.29, 1.82) is 0 Å². The fourth-order valence-corrected chi connectivity index (χ4v) is 7.31. The Bertz CT molecular complexity index is 1530. The minimum Gasteiger partial charge on any atom is -0.352 e. The van der Waals surface area contributed by atoms with E-state index in [9.17, 15) is 18.0 Å². The van der Waals surface area contributed by atoms with Crippen LogP contribution in [0.15, 0.2) is 71.6 Å². The van der Waals surface area contributed by atoms with Gasteiger partial charge in [0.15, 0.2) is 0 Å². The first-order chi connectivity index (χ1) is 20.0. The molecular formula is C31H34Cl3N3O4S. The summed E-state index contributed by atoms with van der Waals surface area (Å²) in [6, 6.07) is 16.7. The number of halogens is 3. The Morgan fingerprint density at radius 1 is 0.929 bits per heavy atom. The van der Waals surface area contributed by atoms with Crippen LogP contribution in [-0.4, -0.2) is 43.8 Å². The van der Waals surface area contributed by atoms with Gasteiger partial charge in [0.25, 0.3) is 10.0 Å². The van der Waals surface area contributed by atoms with Gasteiger partial charge in [-0.15, -0.1) is 0 Å².